The molecule has 5 rings (SSSR count). The third kappa shape index (κ3) is 4.98. The molecule has 0 radical (unpaired) electrons. The van der Waals surface area contributed by atoms with Gasteiger partial charge in [-0.1, -0.05) is 12.1 Å². The molecule has 1 aromatic heterocycles. The number of carbonyl (C=O) groups excluding carboxylic acids is 1. The third-order valence-corrected chi connectivity index (χ3v) is 8.27. The summed E-state index contributed by atoms with van der Waals surface area (Å²) in [5.74, 6) is 2.00. The molecule has 168 valence electrons. The van der Waals surface area contributed by atoms with E-state index in [0.717, 1.165) is 70.9 Å². The molecule has 1 N–H and O–H groups in total. The zero-order chi connectivity index (χ0) is 21.0. The van der Waals surface area contributed by atoms with Gasteiger partial charge < -0.3 is 15.1 Å². The summed E-state index contributed by atoms with van der Waals surface area (Å²) in [6.45, 7) is 7.49. The van der Waals surface area contributed by atoms with Gasteiger partial charge in [-0.25, -0.2) is 4.79 Å². The molecule has 0 bridgehead atoms. The average molecular weight is 442 g/mol. The van der Waals surface area contributed by atoms with Crippen LogP contribution in [0.1, 0.15) is 44.9 Å². The summed E-state index contributed by atoms with van der Waals surface area (Å²) in [7, 11) is 0. The zero-order valence-electron chi connectivity index (χ0n) is 18.5. The van der Waals surface area contributed by atoms with Crippen LogP contribution in [0.15, 0.2) is 24.3 Å². The molecule has 7 heteroatoms. The highest BCUT2D eigenvalue weighted by molar-refractivity contribution is 7.13. The van der Waals surface area contributed by atoms with Crippen LogP contribution in [-0.2, 0) is 0 Å². The van der Waals surface area contributed by atoms with E-state index in [9.17, 15) is 4.79 Å². The summed E-state index contributed by atoms with van der Waals surface area (Å²) in [4.78, 5) is 19.4. The highest BCUT2D eigenvalue weighted by Gasteiger charge is 2.26. The number of rotatable bonds is 5. The van der Waals surface area contributed by atoms with E-state index in [0.29, 0.717) is 6.04 Å². The van der Waals surface area contributed by atoms with E-state index in [4.69, 9.17) is 4.37 Å². The van der Waals surface area contributed by atoms with Gasteiger partial charge in [-0.05, 0) is 81.1 Å². The summed E-state index contributed by atoms with van der Waals surface area (Å²) in [5, 5.41) is 4.58. The Morgan fingerprint density at radius 3 is 2.52 bits per heavy atom. The van der Waals surface area contributed by atoms with Crippen LogP contribution in [0.3, 0.4) is 0 Å². The number of nitrogens with zero attached hydrogens (tertiary/aromatic N) is 4. The monoisotopic (exact) mass is 441 g/mol. The van der Waals surface area contributed by atoms with Crippen molar-refractivity contribution in [1.29, 1.82) is 0 Å². The molecule has 31 heavy (non-hydrogen) atoms. The van der Waals surface area contributed by atoms with E-state index in [-0.39, 0.29) is 6.03 Å². The fraction of sp³-hybridized carbons (Fsp3) is 0.667. The number of likely N-dealkylation sites (tertiary alicyclic amines) is 1. The molecule has 3 heterocycles. The van der Waals surface area contributed by atoms with Crippen LogP contribution >= 0.6 is 11.5 Å². The first-order valence-corrected chi connectivity index (χ1v) is 12.9. The number of anilines is 1. The number of aromatic nitrogens is 1. The lowest BCUT2D eigenvalue weighted by Gasteiger charge is -2.36. The summed E-state index contributed by atoms with van der Waals surface area (Å²) >= 11 is 1.61. The predicted molar refractivity (Wildman–Crippen MR) is 128 cm³/mol. The molecular weight excluding hydrogens is 406 g/mol. The highest BCUT2D eigenvalue weighted by atomic mass is 32.1. The fourth-order valence-electron chi connectivity index (χ4n) is 5.43. The van der Waals surface area contributed by atoms with Crippen molar-refractivity contribution in [3.05, 3.63) is 24.3 Å². The molecule has 1 aliphatic carbocycles. The lowest BCUT2D eigenvalue weighted by atomic mass is 9.84. The number of fused-ring (bicyclic) bond motifs is 1. The van der Waals surface area contributed by atoms with E-state index >= 15 is 0 Å². The Morgan fingerprint density at radius 2 is 1.74 bits per heavy atom. The molecule has 0 unspecified atom stereocenters. The number of benzene rings is 1. The lowest BCUT2D eigenvalue weighted by Crippen LogP contribution is -2.47. The second-order valence-electron chi connectivity index (χ2n) is 9.48. The number of carbonyl (C=O) groups is 1. The summed E-state index contributed by atoms with van der Waals surface area (Å²) in [5.41, 5.74) is 0. The van der Waals surface area contributed by atoms with Gasteiger partial charge in [0, 0.05) is 50.7 Å². The molecule has 0 atom stereocenters. The number of hydrogen-bond donors (Lipinski definition) is 1. The number of nitrogens with one attached hydrogen (secondary N) is 1. The van der Waals surface area contributed by atoms with Crippen LogP contribution in [0.2, 0.25) is 0 Å². The number of piperazine rings is 1. The zero-order valence-corrected chi connectivity index (χ0v) is 19.3. The SMILES string of the molecule is O=C(NC1CCC(CCN2CCN(c3nsc4ccccc34)CC2)CC1)N1CCCC1. The van der Waals surface area contributed by atoms with Gasteiger partial charge in [-0.15, -0.1) is 0 Å². The van der Waals surface area contributed by atoms with E-state index in [1.807, 2.05) is 4.90 Å². The molecule has 1 saturated carbocycles. The third-order valence-electron chi connectivity index (χ3n) is 7.45. The van der Waals surface area contributed by atoms with Gasteiger partial charge in [0.2, 0.25) is 0 Å². The van der Waals surface area contributed by atoms with Crippen LogP contribution in [-0.4, -0.2) is 72.1 Å². The minimum absolute atomic E-state index is 0.173. The van der Waals surface area contributed by atoms with Crippen LogP contribution in [0.25, 0.3) is 10.1 Å². The minimum Gasteiger partial charge on any atom is -0.353 e. The first-order valence-electron chi connectivity index (χ1n) is 12.1. The van der Waals surface area contributed by atoms with Crippen molar-refractivity contribution in [2.75, 3.05) is 50.7 Å². The van der Waals surface area contributed by atoms with E-state index in [1.165, 1.54) is 41.7 Å². The fourth-order valence-corrected chi connectivity index (χ4v) is 6.23. The van der Waals surface area contributed by atoms with Crippen molar-refractivity contribution in [2.24, 2.45) is 5.92 Å². The molecule has 2 aromatic rings. The van der Waals surface area contributed by atoms with Crippen molar-refractivity contribution >= 4 is 33.5 Å². The maximum Gasteiger partial charge on any atom is 0.317 e. The standard InChI is InChI=1S/C24H35N5OS/c30-24(29-12-3-4-13-29)25-20-9-7-19(8-10-20)11-14-27-15-17-28(18-16-27)23-21-5-1-2-6-22(21)31-26-23/h1-2,5-6,19-20H,3-4,7-18H2,(H,25,30). The Morgan fingerprint density at radius 1 is 1.00 bits per heavy atom. The van der Waals surface area contributed by atoms with Gasteiger partial charge in [0.1, 0.15) is 5.82 Å². The topological polar surface area (TPSA) is 51.7 Å². The summed E-state index contributed by atoms with van der Waals surface area (Å²) < 4.78 is 6.02. The Kier molecular flexibility index (Phi) is 6.60. The van der Waals surface area contributed by atoms with Gasteiger partial charge in [0.05, 0.1) is 4.70 Å². The summed E-state index contributed by atoms with van der Waals surface area (Å²) in [6, 6.07) is 9.14. The van der Waals surface area contributed by atoms with Crippen molar-refractivity contribution in [3.63, 3.8) is 0 Å². The molecule has 3 fully saturated rings. The molecule has 2 amide bonds. The maximum absolute atomic E-state index is 12.3. The maximum atomic E-state index is 12.3. The van der Waals surface area contributed by atoms with Crippen molar-refractivity contribution in [2.45, 2.75) is 51.0 Å². The molecule has 1 aromatic carbocycles. The van der Waals surface area contributed by atoms with Crippen LogP contribution in [0.4, 0.5) is 10.6 Å². The van der Waals surface area contributed by atoms with Gasteiger partial charge in [-0.3, -0.25) is 4.90 Å². The highest BCUT2D eigenvalue weighted by Crippen LogP contribution is 2.30. The van der Waals surface area contributed by atoms with E-state index < -0.39 is 0 Å². The van der Waals surface area contributed by atoms with Crippen LogP contribution < -0.4 is 10.2 Å². The number of urea groups is 1. The van der Waals surface area contributed by atoms with Gasteiger partial charge in [-0.2, -0.15) is 4.37 Å². The molecule has 6 nitrogen and oxygen atoms in total. The van der Waals surface area contributed by atoms with Crippen molar-refractivity contribution in [1.82, 2.24) is 19.5 Å². The minimum atomic E-state index is 0.173. The van der Waals surface area contributed by atoms with Crippen LogP contribution in [0.5, 0.6) is 0 Å². The van der Waals surface area contributed by atoms with Crippen LogP contribution in [0, 0.1) is 5.92 Å². The lowest BCUT2D eigenvalue weighted by molar-refractivity contribution is 0.189. The smallest absolute Gasteiger partial charge is 0.317 e. The second-order valence-corrected chi connectivity index (χ2v) is 10.3. The average Bonchev–Trinajstić information content (AvgIpc) is 3.49. The van der Waals surface area contributed by atoms with Crippen molar-refractivity contribution in [3.8, 4) is 0 Å². The normalized spacial score (nSPS) is 25.3. The Bertz CT molecular complexity index is 864. The van der Waals surface area contributed by atoms with Gasteiger partial charge in [0.25, 0.3) is 0 Å². The Balaban J connectivity index is 1.02. The molecule has 3 aliphatic rings. The Hall–Kier alpha value is -1.86. The first kappa shape index (κ1) is 21.0. The number of amides is 2. The second kappa shape index (κ2) is 9.74. The first-order chi connectivity index (χ1) is 15.3. The Labute approximate surface area is 189 Å². The molecular formula is C24H35N5OS. The quantitative estimate of drug-likeness (QED) is 0.757. The van der Waals surface area contributed by atoms with E-state index in [1.54, 1.807) is 11.5 Å². The molecule has 2 aliphatic heterocycles. The largest absolute Gasteiger partial charge is 0.353 e. The van der Waals surface area contributed by atoms with Gasteiger partial charge >= 0.3 is 6.03 Å². The predicted octanol–water partition coefficient (Wildman–Crippen LogP) is 4.17. The van der Waals surface area contributed by atoms with Gasteiger partial charge in [0.15, 0.2) is 0 Å². The molecule has 2 saturated heterocycles. The van der Waals surface area contributed by atoms with Crippen molar-refractivity contribution < 1.29 is 4.79 Å². The molecule has 0 spiro atoms. The number of hydrogen-bond acceptors (Lipinski definition) is 5. The summed E-state index contributed by atoms with van der Waals surface area (Å²) in [6.07, 6.45) is 8.44. The van der Waals surface area contributed by atoms with E-state index in [2.05, 4.69) is 39.4 Å².